The summed E-state index contributed by atoms with van der Waals surface area (Å²) < 4.78 is 0. The molecule has 1 N–H and O–H groups in total. The van der Waals surface area contributed by atoms with Gasteiger partial charge in [0.25, 0.3) is 5.69 Å². The molecule has 20 heavy (non-hydrogen) atoms. The highest BCUT2D eigenvalue weighted by Gasteiger charge is 2.08. The highest BCUT2D eigenvalue weighted by Crippen LogP contribution is 2.17. The molecule has 0 aliphatic heterocycles. The quantitative estimate of drug-likeness (QED) is 0.648. The summed E-state index contributed by atoms with van der Waals surface area (Å²) in [6, 6.07) is 10.8. The van der Waals surface area contributed by atoms with Gasteiger partial charge in [0.15, 0.2) is 0 Å². The number of pyridine rings is 1. The van der Waals surface area contributed by atoms with E-state index >= 15 is 0 Å². The van der Waals surface area contributed by atoms with E-state index in [0.717, 1.165) is 18.5 Å². The van der Waals surface area contributed by atoms with Crippen molar-refractivity contribution in [3.8, 4) is 0 Å². The molecule has 1 unspecified atom stereocenters. The number of non-ortho nitro benzene ring substituents is 1. The summed E-state index contributed by atoms with van der Waals surface area (Å²) >= 11 is 0. The molecule has 1 heterocycles. The summed E-state index contributed by atoms with van der Waals surface area (Å²) in [5, 5.41) is 14.0. The fraction of sp³-hybridized carbons (Fsp3) is 0.267. The van der Waals surface area contributed by atoms with Crippen LogP contribution in [0.15, 0.2) is 48.8 Å². The van der Waals surface area contributed by atoms with E-state index in [-0.39, 0.29) is 16.7 Å². The molecule has 0 aliphatic rings. The molecule has 2 rings (SSSR count). The first kappa shape index (κ1) is 14.1. The van der Waals surface area contributed by atoms with Gasteiger partial charge in [0.2, 0.25) is 0 Å². The first-order valence-corrected chi connectivity index (χ1v) is 6.53. The zero-order valence-electron chi connectivity index (χ0n) is 11.3. The maximum absolute atomic E-state index is 10.6. The number of hydrogen-bond acceptors (Lipinski definition) is 4. The average molecular weight is 271 g/mol. The molecule has 0 saturated carbocycles. The third kappa shape index (κ3) is 3.86. The van der Waals surface area contributed by atoms with Crippen LogP contribution in [0.5, 0.6) is 0 Å². The van der Waals surface area contributed by atoms with Crippen molar-refractivity contribution in [3.05, 3.63) is 70.0 Å². The number of nitro groups is 1. The van der Waals surface area contributed by atoms with Crippen molar-refractivity contribution in [1.29, 1.82) is 0 Å². The summed E-state index contributed by atoms with van der Waals surface area (Å²) in [6.07, 6.45) is 4.53. The predicted octanol–water partition coefficient (Wildman–Crippen LogP) is 2.88. The van der Waals surface area contributed by atoms with Crippen LogP contribution in [0.25, 0.3) is 0 Å². The molecule has 0 radical (unpaired) electrons. The van der Waals surface area contributed by atoms with Crippen molar-refractivity contribution in [2.75, 3.05) is 6.54 Å². The molecule has 0 aliphatic carbocycles. The number of aromatic nitrogens is 1. The van der Waals surface area contributed by atoms with Crippen LogP contribution in [0.1, 0.15) is 24.1 Å². The highest BCUT2D eigenvalue weighted by atomic mass is 16.6. The lowest BCUT2D eigenvalue weighted by Gasteiger charge is -2.14. The van der Waals surface area contributed by atoms with Crippen LogP contribution < -0.4 is 5.32 Å². The molecule has 0 bridgehead atoms. The van der Waals surface area contributed by atoms with Crippen LogP contribution in [0.4, 0.5) is 5.69 Å². The summed E-state index contributed by atoms with van der Waals surface area (Å²) in [5.74, 6) is 0. The SMILES string of the molecule is CC(NCCc1cccnc1)c1ccc([N+](=O)[O-])cc1. The van der Waals surface area contributed by atoms with Gasteiger partial charge in [-0.1, -0.05) is 18.2 Å². The van der Waals surface area contributed by atoms with E-state index in [0.29, 0.717) is 0 Å². The van der Waals surface area contributed by atoms with Crippen molar-refractivity contribution in [3.63, 3.8) is 0 Å². The molecule has 0 amide bonds. The van der Waals surface area contributed by atoms with E-state index in [9.17, 15) is 10.1 Å². The molecule has 1 atom stereocenters. The molecule has 0 spiro atoms. The van der Waals surface area contributed by atoms with Gasteiger partial charge >= 0.3 is 0 Å². The number of nitro benzene ring substituents is 1. The Hall–Kier alpha value is -2.27. The minimum absolute atomic E-state index is 0.122. The maximum atomic E-state index is 10.6. The Morgan fingerprint density at radius 1 is 1.30 bits per heavy atom. The standard InChI is InChI=1S/C15H17N3O2/c1-12(14-4-6-15(7-5-14)18(19)20)17-10-8-13-3-2-9-16-11-13/h2-7,9,11-12,17H,8,10H2,1H3. The molecule has 2 aromatic rings. The van der Waals surface area contributed by atoms with Crippen LogP contribution in [0.2, 0.25) is 0 Å². The molecule has 0 saturated heterocycles. The van der Waals surface area contributed by atoms with E-state index < -0.39 is 0 Å². The lowest BCUT2D eigenvalue weighted by molar-refractivity contribution is -0.384. The van der Waals surface area contributed by atoms with E-state index in [1.807, 2.05) is 25.3 Å². The monoisotopic (exact) mass is 271 g/mol. The maximum Gasteiger partial charge on any atom is 0.269 e. The summed E-state index contributed by atoms with van der Waals surface area (Å²) in [6.45, 7) is 2.88. The number of nitrogens with zero attached hydrogens (tertiary/aromatic N) is 2. The van der Waals surface area contributed by atoms with E-state index in [1.165, 1.54) is 17.7 Å². The number of benzene rings is 1. The van der Waals surface area contributed by atoms with E-state index in [1.54, 1.807) is 18.3 Å². The third-order valence-corrected chi connectivity index (χ3v) is 3.19. The molecule has 1 aromatic carbocycles. The van der Waals surface area contributed by atoms with Crippen molar-refractivity contribution < 1.29 is 4.92 Å². The third-order valence-electron chi connectivity index (χ3n) is 3.19. The van der Waals surface area contributed by atoms with Gasteiger partial charge in [-0.2, -0.15) is 0 Å². The number of nitrogens with one attached hydrogen (secondary N) is 1. The van der Waals surface area contributed by atoms with E-state index in [4.69, 9.17) is 0 Å². The Balaban J connectivity index is 1.85. The van der Waals surface area contributed by atoms with Crippen molar-refractivity contribution >= 4 is 5.69 Å². The lowest BCUT2D eigenvalue weighted by atomic mass is 10.1. The minimum atomic E-state index is -0.385. The molecule has 0 fully saturated rings. The molecular weight excluding hydrogens is 254 g/mol. The van der Waals surface area contributed by atoms with Gasteiger partial charge < -0.3 is 5.32 Å². The Bertz CT molecular complexity index is 555. The summed E-state index contributed by atoms with van der Waals surface area (Å²) in [5.41, 5.74) is 2.36. The number of hydrogen-bond donors (Lipinski definition) is 1. The van der Waals surface area contributed by atoms with E-state index in [2.05, 4.69) is 10.3 Å². The summed E-state index contributed by atoms with van der Waals surface area (Å²) in [4.78, 5) is 14.3. The second kappa shape index (κ2) is 6.77. The Kier molecular flexibility index (Phi) is 4.79. The second-order valence-corrected chi connectivity index (χ2v) is 4.64. The lowest BCUT2D eigenvalue weighted by Crippen LogP contribution is -2.21. The smallest absolute Gasteiger partial charge is 0.269 e. The zero-order chi connectivity index (χ0) is 14.4. The van der Waals surface area contributed by atoms with Gasteiger partial charge in [-0.3, -0.25) is 15.1 Å². The molecule has 104 valence electrons. The Morgan fingerprint density at radius 3 is 2.65 bits per heavy atom. The van der Waals surface area contributed by atoms with Crippen molar-refractivity contribution in [1.82, 2.24) is 10.3 Å². The van der Waals surface area contributed by atoms with Gasteiger partial charge in [0.1, 0.15) is 0 Å². The average Bonchev–Trinajstić information content (AvgIpc) is 2.48. The van der Waals surface area contributed by atoms with Crippen molar-refractivity contribution in [2.45, 2.75) is 19.4 Å². The predicted molar refractivity (Wildman–Crippen MR) is 77.5 cm³/mol. The fourth-order valence-corrected chi connectivity index (χ4v) is 1.98. The van der Waals surface area contributed by atoms with Crippen LogP contribution in [-0.2, 0) is 6.42 Å². The minimum Gasteiger partial charge on any atom is -0.310 e. The largest absolute Gasteiger partial charge is 0.310 e. The fourth-order valence-electron chi connectivity index (χ4n) is 1.98. The van der Waals surface area contributed by atoms with Crippen LogP contribution >= 0.6 is 0 Å². The molecular formula is C15H17N3O2. The Labute approximate surface area is 117 Å². The van der Waals surface area contributed by atoms with Gasteiger partial charge in [-0.05, 0) is 37.1 Å². The zero-order valence-corrected chi connectivity index (χ0v) is 11.3. The molecule has 5 heteroatoms. The Morgan fingerprint density at radius 2 is 2.05 bits per heavy atom. The van der Waals surface area contributed by atoms with Crippen LogP contribution in [0, 0.1) is 10.1 Å². The highest BCUT2D eigenvalue weighted by molar-refractivity contribution is 5.34. The summed E-state index contributed by atoms with van der Waals surface area (Å²) in [7, 11) is 0. The molecule has 1 aromatic heterocycles. The normalized spacial score (nSPS) is 12.1. The first-order chi connectivity index (χ1) is 9.66. The van der Waals surface area contributed by atoms with Gasteiger partial charge in [0.05, 0.1) is 4.92 Å². The van der Waals surface area contributed by atoms with Gasteiger partial charge in [0, 0.05) is 30.6 Å². The van der Waals surface area contributed by atoms with Crippen LogP contribution in [0.3, 0.4) is 0 Å². The second-order valence-electron chi connectivity index (χ2n) is 4.64. The van der Waals surface area contributed by atoms with Gasteiger partial charge in [-0.15, -0.1) is 0 Å². The van der Waals surface area contributed by atoms with Crippen molar-refractivity contribution in [2.24, 2.45) is 0 Å². The first-order valence-electron chi connectivity index (χ1n) is 6.53. The van der Waals surface area contributed by atoms with Gasteiger partial charge in [-0.25, -0.2) is 0 Å². The number of rotatable bonds is 6. The topological polar surface area (TPSA) is 68.1 Å². The molecule has 5 nitrogen and oxygen atoms in total. The van der Waals surface area contributed by atoms with Crippen LogP contribution in [-0.4, -0.2) is 16.5 Å².